The molecule has 1 saturated heterocycles. The molecular weight excluding hydrogens is 212 g/mol. The number of amides is 1. The molecule has 2 N–H and O–H groups in total. The molecule has 3 heteroatoms. The maximum atomic E-state index is 12.0. The molecule has 0 aromatic heterocycles. The molecule has 3 unspecified atom stereocenters. The molecule has 0 aromatic rings. The van der Waals surface area contributed by atoms with Crippen LogP contribution in [0, 0.1) is 11.8 Å². The van der Waals surface area contributed by atoms with E-state index in [-0.39, 0.29) is 11.9 Å². The summed E-state index contributed by atoms with van der Waals surface area (Å²) in [6.07, 6.45) is 4.42. The molecule has 1 rings (SSSR count). The Balaban J connectivity index is 2.22. The lowest BCUT2D eigenvalue weighted by atomic mass is 9.89. The first-order valence-corrected chi connectivity index (χ1v) is 7.02. The molecule has 0 saturated carbocycles. The molecule has 0 spiro atoms. The maximum Gasteiger partial charge on any atom is 0.237 e. The summed E-state index contributed by atoms with van der Waals surface area (Å²) in [5.74, 6) is 1.56. The first-order chi connectivity index (χ1) is 7.99. The zero-order valence-electron chi connectivity index (χ0n) is 11.8. The first kappa shape index (κ1) is 14.5. The van der Waals surface area contributed by atoms with E-state index in [1.54, 1.807) is 0 Å². The molecule has 1 heterocycles. The van der Waals surface area contributed by atoms with Gasteiger partial charge in [0.2, 0.25) is 5.91 Å². The lowest BCUT2D eigenvalue weighted by molar-refractivity contribution is -0.124. The zero-order valence-corrected chi connectivity index (χ0v) is 11.8. The minimum atomic E-state index is 0.0211. The van der Waals surface area contributed by atoms with E-state index in [4.69, 9.17) is 0 Å². The Morgan fingerprint density at radius 2 is 2.06 bits per heavy atom. The van der Waals surface area contributed by atoms with Crippen LogP contribution in [0.1, 0.15) is 53.4 Å². The Bertz CT molecular complexity index is 230. The second-order valence-corrected chi connectivity index (χ2v) is 6.02. The van der Waals surface area contributed by atoms with Gasteiger partial charge in [-0.05, 0) is 44.4 Å². The van der Waals surface area contributed by atoms with Crippen molar-refractivity contribution >= 4 is 5.91 Å². The highest BCUT2D eigenvalue weighted by Crippen LogP contribution is 2.19. The third-order valence-corrected chi connectivity index (χ3v) is 3.45. The lowest BCUT2D eigenvalue weighted by Gasteiger charge is -2.32. The van der Waals surface area contributed by atoms with E-state index in [1.807, 2.05) is 0 Å². The summed E-state index contributed by atoms with van der Waals surface area (Å²) in [4.78, 5) is 12.0. The van der Waals surface area contributed by atoms with Crippen molar-refractivity contribution in [2.24, 2.45) is 11.8 Å². The van der Waals surface area contributed by atoms with Crippen LogP contribution in [-0.4, -0.2) is 24.5 Å². The van der Waals surface area contributed by atoms with Crippen LogP contribution in [0.2, 0.25) is 0 Å². The Hall–Kier alpha value is -0.570. The van der Waals surface area contributed by atoms with Gasteiger partial charge in [0.25, 0.3) is 0 Å². The standard InChI is InChI=1S/C14H28N2O/c1-10(2)6-5-7-15-14(17)13-9-11(3)8-12(4)16-13/h10-13,16H,5-9H2,1-4H3,(H,15,17). The molecule has 0 radical (unpaired) electrons. The lowest BCUT2D eigenvalue weighted by Crippen LogP contribution is -2.52. The minimum Gasteiger partial charge on any atom is -0.355 e. The van der Waals surface area contributed by atoms with Crippen LogP contribution in [0.3, 0.4) is 0 Å². The van der Waals surface area contributed by atoms with Crippen molar-refractivity contribution in [3.8, 4) is 0 Å². The van der Waals surface area contributed by atoms with Crippen LogP contribution < -0.4 is 10.6 Å². The van der Waals surface area contributed by atoms with Crippen molar-refractivity contribution in [1.29, 1.82) is 0 Å². The van der Waals surface area contributed by atoms with Crippen molar-refractivity contribution in [3.63, 3.8) is 0 Å². The van der Waals surface area contributed by atoms with Crippen LogP contribution in [0.25, 0.3) is 0 Å². The van der Waals surface area contributed by atoms with Gasteiger partial charge in [-0.15, -0.1) is 0 Å². The van der Waals surface area contributed by atoms with Gasteiger partial charge in [0.15, 0.2) is 0 Å². The number of carbonyl (C=O) groups excluding carboxylic acids is 1. The average molecular weight is 240 g/mol. The number of nitrogens with one attached hydrogen (secondary N) is 2. The first-order valence-electron chi connectivity index (χ1n) is 7.02. The van der Waals surface area contributed by atoms with Gasteiger partial charge in [-0.2, -0.15) is 0 Å². The van der Waals surface area contributed by atoms with Crippen molar-refractivity contribution in [1.82, 2.24) is 10.6 Å². The van der Waals surface area contributed by atoms with Gasteiger partial charge in [-0.1, -0.05) is 20.8 Å². The third-order valence-electron chi connectivity index (χ3n) is 3.45. The van der Waals surface area contributed by atoms with E-state index < -0.39 is 0 Å². The summed E-state index contributed by atoms with van der Waals surface area (Å²) < 4.78 is 0. The quantitative estimate of drug-likeness (QED) is 0.724. The molecule has 0 aromatic carbocycles. The van der Waals surface area contributed by atoms with E-state index in [9.17, 15) is 4.79 Å². The van der Waals surface area contributed by atoms with Crippen LogP contribution in [0.15, 0.2) is 0 Å². The summed E-state index contributed by atoms with van der Waals surface area (Å²) in [6.45, 7) is 9.64. The van der Waals surface area contributed by atoms with Crippen LogP contribution in [0.4, 0.5) is 0 Å². The summed E-state index contributed by atoms with van der Waals surface area (Å²) in [7, 11) is 0. The predicted molar refractivity (Wildman–Crippen MR) is 71.9 cm³/mol. The van der Waals surface area contributed by atoms with Gasteiger partial charge in [-0.3, -0.25) is 4.79 Å². The number of rotatable bonds is 5. The predicted octanol–water partition coefficient (Wildman–Crippen LogP) is 2.32. The molecular formula is C14H28N2O. The fourth-order valence-corrected chi connectivity index (χ4v) is 2.61. The Kier molecular flexibility index (Phi) is 5.96. The average Bonchev–Trinajstić information content (AvgIpc) is 2.22. The Morgan fingerprint density at radius 3 is 2.65 bits per heavy atom. The van der Waals surface area contributed by atoms with Gasteiger partial charge in [0.05, 0.1) is 6.04 Å². The number of hydrogen-bond donors (Lipinski definition) is 2. The van der Waals surface area contributed by atoms with E-state index in [2.05, 4.69) is 38.3 Å². The minimum absolute atomic E-state index is 0.0211. The second-order valence-electron chi connectivity index (χ2n) is 6.02. The summed E-state index contributed by atoms with van der Waals surface area (Å²) in [5, 5.41) is 6.43. The molecule has 0 aliphatic carbocycles. The van der Waals surface area contributed by atoms with E-state index >= 15 is 0 Å². The largest absolute Gasteiger partial charge is 0.355 e. The van der Waals surface area contributed by atoms with Crippen molar-refractivity contribution in [3.05, 3.63) is 0 Å². The Labute approximate surface area is 106 Å². The van der Waals surface area contributed by atoms with Crippen LogP contribution in [0.5, 0.6) is 0 Å². The molecule has 1 amide bonds. The van der Waals surface area contributed by atoms with Gasteiger partial charge >= 0.3 is 0 Å². The zero-order chi connectivity index (χ0) is 12.8. The van der Waals surface area contributed by atoms with Gasteiger partial charge in [-0.25, -0.2) is 0 Å². The summed E-state index contributed by atoms with van der Waals surface area (Å²) in [6, 6.07) is 0.484. The highest BCUT2D eigenvalue weighted by atomic mass is 16.2. The smallest absolute Gasteiger partial charge is 0.237 e. The second kappa shape index (κ2) is 7.00. The van der Waals surface area contributed by atoms with E-state index in [0.29, 0.717) is 12.0 Å². The molecule has 1 aliphatic heterocycles. The molecule has 3 atom stereocenters. The highest BCUT2D eigenvalue weighted by Gasteiger charge is 2.27. The normalized spacial score (nSPS) is 29.4. The van der Waals surface area contributed by atoms with Crippen LogP contribution in [-0.2, 0) is 4.79 Å². The highest BCUT2D eigenvalue weighted by molar-refractivity contribution is 5.81. The van der Waals surface area contributed by atoms with Crippen molar-refractivity contribution in [2.45, 2.75) is 65.5 Å². The molecule has 100 valence electrons. The summed E-state index contributed by atoms with van der Waals surface area (Å²) in [5.41, 5.74) is 0. The van der Waals surface area contributed by atoms with Crippen molar-refractivity contribution < 1.29 is 4.79 Å². The molecule has 0 bridgehead atoms. The third kappa shape index (κ3) is 5.53. The van der Waals surface area contributed by atoms with Gasteiger partial charge < -0.3 is 10.6 Å². The van der Waals surface area contributed by atoms with E-state index in [0.717, 1.165) is 25.3 Å². The molecule has 1 fully saturated rings. The maximum absolute atomic E-state index is 12.0. The topological polar surface area (TPSA) is 41.1 Å². The number of hydrogen-bond acceptors (Lipinski definition) is 2. The Morgan fingerprint density at radius 1 is 1.35 bits per heavy atom. The number of piperidine rings is 1. The van der Waals surface area contributed by atoms with Gasteiger partial charge in [0.1, 0.15) is 0 Å². The van der Waals surface area contributed by atoms with Gasteiger partial charge in [0, 0.05) is 12.6 Å². The van der Waals surface area contributed by atoms with Crippen molar-refractivity contribution in [2.75, 3.05) is 6.54 Å². The SMILES string of the molecule is CC(C)CCCNC(=O)C1CC(C)CC(C)N1. The van der Waals surface area contributed by atoms with Crippen LogP contribution >= 0.6 is 0 Å². The monoisotopic (exact) mass is 240 g/mol. The fraction of sp³-hybridized carbons (Fsp3) is 0.929. The molecule has 17 heavy (non-hydrogen) atoms. The molecule has 1 aliphatic rings. The van der Waals surface area contributed by atoms with E-state index in [1.165, 1.54) is 12.8 Å². The molecule has 3 nitrogen and oxygen atoms in total. The fourth-order valence-electron chi connectivity index (χ4n) is 2.61. The summed E-state index contributed by atoms with van der Waals surface area (Å²) >= 11 is 0. The number of carbonyl (C=O) groups is 1.